The molecule has 0 atom stereocenters. The first kappa shape index (κ1) is 12.2. The topological polar surface area (TPSA) is 52.5 Å². The fourth-order valence-corrected chi connectivity index (χ4v) is 2.72. The minimum Gasteiger partial charge on any atom is -0.487 e. The number of hydrogen-bond acceptors (Lipinski definition) is 4. The van der Waals surface area contributed by atoms with Crippen LogP contribution in [0.5, 0.6) is 5.75 Å². The number of rotatable bonds is 4. The van der Waals surface area contributed by atoms with Crippen LogP contribution in [0.1, 0.15) is 16.8 Å². The summed E-state index contributed by atoms with van der Waals surface area (Å²) in [5.41, 5.74) is 8.88. The van der Waals surface area contributed by atoms with E-state index >= 15 is 0 Å². The molecule has 0 bridgehead atoms. The van der Waals surface area contributed by atoms with Crippen molar-refractivity contribution in [3.05, 3.63) is 52.8 Å². The van der Waals surface area contributed by atoms with E-state index in [1.54, 1.807) is 11.3 Å². The molecule has 1 aromatic carbocycles. The van der Waals surface area contributed by atoms with Crippen molar-refractivity contribution in [1.82, 2.24) is 9.38 Å². The highest BCUT2D eigenvalue weighted by atomic mass is 32.1. The van der Waals surface area contributed by atoms with Gasteiger partial charge in [0.25, 0.3) is 0 Å². The minimum atomic E-state index is 0.463. The van der Waals surface area contributed by atoms with Gasteiger partial charge in [-0.2, -0.15) is 0 Å². The van der Waals surface area contributed by atoms with Gasteiger partial charge in [0.2, 0.25) is 0 Å². The van der Waals surface area contributed by atoms with Gasteiger partial charge in [-0.1, -0.05) is 17.7 Å². The summed E-state index contributed by atoms with van der Waals surface area (Å²) in [7, 11) is 0. The van der Waals surface area contributed by atoms with Gasteiger partial charge in [-0.25, -0.2) is 4.98 Å². The molecule has 0 aliphatic heterocycles. The zero-order valence-corrected chi connectivity index (χ0v) is 11.5. The molecule has 19 heavy (non-hydrogen) atoms. The average Bonchev–Trinajstić information content (AvgIpc) is 2.97. The molecule has 0 fully saturated rings. The van der Waals surface area contributed by atoms with Crippen molar-refractivity contribution in [2.24, 2.45) is 5.73 Å². The molecule has 2 aromatic heterocycles. The van der Waals surface area contributed by atoms with Crippen LogP contribution in [-0.2, 0) is 13.2 Å². The summed E-state index contributed by atoms with van der Waals surface area (Å²) in [4.78, 5) is 5.47. The summed E-state index contributed by atoms with van der Waals surface area (Å²) in [6.45, 7) is 2.99. The lowest BCUT2D eigenvalue weighted by Gasteiger charge is -2.09. The molecule has 5 heteroatoms. The zero-order valence-electron chi connectivity index (χ0n) is 10.7. The number of imidazole rings is 1. The lowest BCUT2D eigenvalue weighted by atomic mass is 10.1. The van der Waals surface area contributed by atoms with Gasteiger partial charge in [-0.3, -0.25) is 4.40 Å². The number of nitrogens with two attached hydrogens (primary N) is 1. The van der Waals surface area contributed by atoms with Crippen LogP contribution < -0.4 is 10.5 Å². The molecule has 0 amide bonds. The number of thiazole rings is 1. The molecule has 0 radical (unpaired) electrons. The number of nitrogens with zero attached hydrogens (tertiary/aromatic N) is 2. The largest absolute Gasteiger partial charge is 0.487 e. The summed E-state index contributed by atoms with van der Waals surface area (Å²) in [6.07, 6.45) is 3.98. The second kappa shape index (κ2) is 5.03. The van der Waals surface area contributed by atoms with E-state index in [0.717, 1.165) is 22.0 Å². The van der Waals surface area contributed by atoms with Crippen molar-refractivity contribution in [2.45, 2.75) is 20.1 Å². The predicted octanol–water partition coefficient (Wildman–Crippen LogP) is 2.74. The molecular formula is C14H15N3OS. The van der Waals surface area contributed by atoms with Crippen LogP contribution in [0.2, 0.25) is 0 Å². The highest BCUT2D eigenvalue weighted by molar-refractivity contribution is 7.15. The summed E-state index contributed by atoms with van der Waals surface area (Å²) >= 11 is 1.62. The maximum Gasteiger partial charge on any atom is 0.193 e. The maximum atomic E-state index is 5.82. The van der Waals surface area contributed by atoms with Gasteiger partial charge in [-0.15, -0.1) is 11.3 Å². The summed E-state index contributed by atoms with van der Waals surface area (Å²) in [6, 6.07) is 6.05. The first-order valence-electron chi connectivity index (χ1n) is 6.10. The molecule has 4 nitrogen and oxygen atoms in total. The van der Waals surface area contributed by atoms with Crippen LogP contribution in [0.3, 0.4) is 0 Å². The van der Waals surface area contributed by atoms with Crippen molar-refractivity contribution in [3.8, 4) is 5.75 Å². The van der Waals surface area contributed by atoms with Gasteiger partial charge in [0.15, 0.2) is 4.96 Å². The third-order valence-electron chi connectivity index (χ3n) is 2.95. The molecule has 3 aromatic rings. The Kier molecular flexibility index (Phi) is 3.23. The lowest BCUT2D eigenvalue weighted by molar-refractivity contribution is 0.299. The number of ether oxygens (including phenoxy) is 1. The number of hydrogen-bond donors (Lipinski definition) is 1. The van der Waals surface area contributed by atoms with Crippen molar-refractivity contribution in [2.75, 3.05) is 0 Å². The fraction of sp³-hybridized carbons (Fsp3) is 0.214. The average molecular weight is 273 g/mol. The van der Waals surface area contributed by atoms with Crippen molar-refractivity contribution >= 4 is 16.3 Å². The van der Waals surface area contributed by atoms with E-state index in [2.05, 4.69) is 11.1 Å². The SMILES string of the molecule is Cc1ccc(OCc2cn3ccsc3n2)c(CN)c1. The second-order valence-electron chi connectivity index (χ2n) is 4.43. The van der Waals surface area contributed by atoms with Crippen LogP contribution in [-0.4, -0.2) is 9.38 Å². The summed E-state index contributed by atoms with van der Waals surface area (Å²) in [5.74, 6) is 0.837. The summed E-state index contributed by atoms with van der Waals surface area (Å²) in [5, 5.41) is 2.01. The van der Waals surface area contributed by atoms with Crippen LogP contribution in [0.25, 0.3) is 4.96 Å². The first-order valence-corrected chi connectivity index (χ1v) is 6.97. The van der Waals surface area contributed by atoms with Crippen molar-refractivity contribution in [3.63, 3.8) is 0 Å². The van der Waals surface area contributed by atoms with E-state index in [1.165, 1.54) is 5.56 Å². The van der Waals surface area contributed by atoms with E-state index in [-0.39, 0.29) is 0 Å². The molecule has 0 spiro atoms. The van der Waals surface area contributed by atoms with E-state index in [1.807, 2.05) is 41.2 Å². The zero-order chi connectivity index (χ0) is 13.2. The third-order valence-corrected chi connectivity index (χ3v) is 3.73. The Balaban J connectivity index is 1.77. The molecule has 0 aliphatic carbocycles. The van der Waals surface area contributed by atoms with Crippen LogP contribution >= 0.6 is 11.3 Å². The van der Waals surface area contributed by atoms with Gasteiger partial charge >= 0.3 is 0 Å². The van der Waals surface area contributed by atoms with Crippen LogP contribution in [0.4, 0.5) is 0 Å². The van der Waals surface area contributed by atoms with Gasteiger partial charge in [0.05, 0.1) is 5.69 Å². The Morgan fingerprint density at radius 2 is 2.32 bits per heavy atom. The molecule has 0 saturated carbocycles. The van der Waals surface area contributed by atoms with Crippen molar-refractivity contribution in [1.29, 1.82) is 0 Å². The van der Waals surface area contributed by atoms with E-state index in [4.69, 9.17) is 10.5 Å². The monoisotopic (exact) mass is 273 g/mol. The first-order chi connectivity index (χ1) is 9.26. The van der Waals surface area contributed by atoms with E-state index in [9.17, 15) is 0 Å². The lowest BCUT2D eigenvalue weighted by Crippen LogP contribution is -2.03. The number of fused-ring (bicyclic) bond motifs is 1. The second-order valence-corrected chi connectivity index (χ2v) is 5.30. The van der Waals surface area contributed by atoms with Crippen molar-refractivity contribution < 1.29 is 4.74 Å². The number of benzene rings is 1. The molecule has 0 aliphatic rings. The summed E-state index contributed by atoms with van der Waals surface area (Å²) < 4.78 is 7.82. The predicted molar refractivity (Wildman–Crippen MR) is 76.5 cm³/mol. The Bertz CT molecular complexity index is 673. The smallest absolute Gasteiger partial charge is 0.193 e. The van der Waals surface area contributed by atoms with Gasteiger partial charge in [0, 0.05) is 29.9 Å². The third kappa shape index (κ3) is 2.47. The molecular weight excluding hydrogens is 258 g/mol. The van der Waals surface area contributed by atoms with Gasteiger partial charge in [-0.05, 0) is 13.0 Å². The van der Waals surface area contributed by atoms with Gasteiger partial charge < -0.3 is 10.5 Å². The molecule has 0 saturated heterocycles. The molecule has 3 rings (SSSR count). The Morgan fingerprint density at radius 3 is 3.11 bits per heavy atom. The minimum absolute atomic E-state index is 0.463. The van der Waals surface area contributed by atoms with Crippen LogP contribution in [0.15, 0.2) is 36.0 Å². The number of aromatic nitrogens is 2. The Morgan fingerprint density at radius 1 is 1.42 bits per heavy atom. The Hall–Kier alpha value is -1.85. The van der Waals surface area contributed by atoms with Gasteiger partial charge in [0.1, 0.15) is 12.4 Å². The number of aryl methyl sites for hydroxylation is 1. The van der Waals surface area contributed by atoms with E-state index in [0.29, 0.717) is 13.2 Å². The fourth-order valence-electron chi connectivity index (χ4n) is 2.01. The Labute approximate surface area is 115 Å². The normalized spacial score (nSPS) is 11.1. The maximum absolute atomic E-state index is 5.82. The molecule has 0 unspecified atom stereocenters. The molecule has 98 valence electrons. The molecule has 2 heterocycles. The van der Waals surface area contributed by atoms with E-state index < -0.39 is 0 Å². The highest BCUT2D eigenvalue weighted by Crippen LogP contribution is 2.21. The molecule has 2 N–H and O–H groups in total. The quantitative estimate of drug-likeness (QED) is 0.795. The highest BCUT2D eigenvalue weighted by Gasteiger charge is 2.06. The van der Waals surface area contributed by atoms with Crippen LogP contribution in [0, 0.1) is 6.92 Å². The standard InChI is InChI=1S/C14H15N3OS/c1-10-2-3-13(11(6-10)7-15)18-9-12-8-17-4-5-19-14(17)16-12/h2-6,8H,7,9,15H2,1H3.